The number of methoxy groups -OCH3 is 1. The SMILES string of the molecule is COC(=O)c1ncn(-c2ncccc2[C@H](C)N)n1. The first-order valence-corrected chi connectivity index (χ1v) is 5.34. The smallest absolute Gasteiger partial charge is 0.377 e. The zero-order valence-corrected chi connectivity index (χ0v) is 10.1. The Kier molecular flexibility index (Phi) is 3.33. The first-order valence-electron chi connectivity index (χ1n) is 5.34. The quantitative estimate of drug-likeness (QED) is 0.792. The lowest BCUT2D eigenvalue weighted by molar-refractivity contribution is 0.0587. The van der Waals surface area contributed by atoms with Crippen LogP contribution >= 0.6 is 0 Å². The monoisotopic (exact) mass is 247 g/mol. The molecule has 0 bridgehead atoms. The molecule has 94 valence electrons. The number of carbonyl (C=O) groups excluding carboxylic acids is 1. The van der Waals surface area contributed by atoms with Gasteiger partial charge in [-0.2, -0.15) is 0 Å². The fourth-order valence-electron chi connectivity index (χ4n) is 1.51. The maximum Gasteiger partial charge on any atom is 0.377 e. The fraction of sp³-hybridized carbons (Fsp3) is 0.273. The summed E-state index contributed by atoms with van der Waals surface area (Å²) in [6, 6.07) is 3.45. The van der Waals surface area contributed by atoms with E-state index in [2.05, 4.69) is 19.8 Å². The Morgan fingerprint density at radius 3 is 2.94 bits per heavy atom. The van der Waals surface area contributed by atoms with Crippen molar-refractivity contribution in [3.05, 3.63) is 36.0 Å². The van der Waals surface area contributed by atoms with Gasteiger partial charge in [-0.3, -0.25) is 0 Å². The number of rotatable bonds is 3. The van der Waals surface area contributed by atoms with Gasteiger partial charge in [0, 0.05) is 17.8 Å². The molecule has 0 fully saturated rings. The third-order valence-corrected chi connectivity index (χ3v) is 2.38. The molecule has 2 N–H and O–H groups in total. The van der Waals surface area contributed by atoms with E-state index in [1.807, 2.05) is 13.0 Å². The summed E-state index contributed by atoms with van der Waals surface area (Å²) in [5.74, 6) is -0.0547. The maximum atomic E-state index is 11.3. The highest BCUT2D eigenvalue weighted by molar-refractivity contribution is 5.84. The summed E-state index contributed by atoms with van der Waals surface area (Å²) in [7, 11) is 1.27. The molecule has 0 unspecified atom stereocenters. The van der Waals surface area contributed by atoms with E-state index in [1.54, 1.807) is 12.3 Å². The number of nitrogens with zero attached hydrogens (tertiary/aromatic N) is 4. The first kappa shape index (κ1) is 12.2. The molecule has 0 aliphatic heterocycles. The number of esters is 1. The second-order valence-electron chi connectivity index (χ2n) is 3.71. The van der Waals surface area contributed by atoms with Gasteiger partial charge in [-0.05, 0) is 13.0 Å². The number of hydrogen-bond donors (Lipinski definition) is 1. The topological polar surface area (TPSA) is 95.9 Å². The molecular weight excluding hydrogens is 234 g/mol. The standard InChI is InChI=1S/C11H13N5O2/c1-7(12)8-4-3-5-13-10(8)16-6-14-9(15-16)11(17)18-2/h3-7H,12H2,1-2H3/t7-/m0/s1. The molecule has 0 amide bonds. The van der Waals surface area contributed by atoms with E-state index in [4.69, 9.17) is 5.73 Å². The molecule has 0 saturated carbocycles. The summed E-state index contributed by atoms with van der Waals surface area (Å²) in [6.07, 6.45) is 3.03. The van der Waals surface area contributed by atoms with E-state index in [1.165, 1.54) is 18.1 Å². The van der Waals surface area contributed by atoms with Crippen LogP contribution in [0.25, 0.3) is 5.82 Å². The highest BCUT2D eigenvalue weighted by Crippen LogP contribution is 2.16. The van der Waals surface area contributed by atoms with Crippen LogP contribution in [0.4, 0.5) is 0 Å². The number of hydrogen-bond acceptors (Lipinski definition) is 6. The zero-order valence-electron chi connectivity index (χ0n) is 10.1. The van der Waals surface area contributed by atoms with Gasteiger partial charge in [0.25, 0.3) is 5.82 Å². The van der Waals surface area contributed by atoms with E-state index >= 15 is 0 Å². The van der Waals surface area contributed by atoms with Crippen LogP contribution in [0.5, 0.6) is 0 Å². The van der Waals surface area contributed by atoms with E-state index in [0.717, 1.165) is 5.56 Å². The number of ether oxygens (including phenoxy) is 1. The number of pyridine rings is 1. The molecule has 2 rings (SSSR count). The Bertz CT molecular complexity index is 564. The van der Waals surface area contributed by atoms with E-state index in [9.17, 15) is 4.79 Å². The van der Waals surface area contributed by atoms with Crippen molar-refractivity contribution in [1.29, 1.82) is 0 Å². The number of aromatic nitrogens is 4. The van der Waals surface area contributed by atoms with Gasteiger partial charge in [-0.25, -0.2) is 19.4 Å². The van der Waals surface area contributed by atoms with Crippen molar-refractivity contribution in [1.82, 2.24) is 19.7 Å². The van der Waals surface area contributed by atoms with E-state index < -0.39 is 5.97 Å². The molecule has 0 radical (unpaired) electrons. The van der Waals surface area contributed by atoms with Gasteiger partial charge in [-0.15, -0.1) is 5.10 Å². The molecule has 0 aromatic carbocycles. The molecule has 1 atom stereocenters. The molecule has 18 heavy (non-hydrogen) atoms. The summed E-state index contributed by atoms with van der Waals surface area (Å²) in [6.45, 7) is 1.85. The number of nitrogens with two attached hydrogens (primary N) is 1. The molecule has 2 heterocycles. The second kappa shape index (κ2) is 4.92. The average Bonchev–Trinajstić information content (AvgIpc) is 2.87. The maximum absolute atomic E-state index is 11.3. The van der Waals surface area contributed by atoms with Crippen LogP contribution in [0.2, 0.25) is 0 Å². The van der Waals surface area contributed by atoms with E-state index in [-0.39, 0.29) is 11.9 Å². The Balaban J connectivity index is 2.43. The van der Waals surface area contributed by atoms with Crippen molar-refractivity contribution < 1.29 is 9.53 Å². The molecule has 0 saturated heterocycles. The lowest BCUT2D eigenvalue weighted by Crippen LogP contribution is -2.12. The van der Waals surface area contributed by atoms with Gasteiger partial charge >= 0.3 is 5.97 Å². The third-order valence-electron chi connectivity index (χ3n) is 2.38. The normalized spacial score (nSPS) is 12.2. The number of carbonyl (C=O) groups is 1. The van der Waals surface area contributed by atoms with Crippen LogP contribution in [0, 0.1) is 0 Å². The molecule has 7 nitrogen and oxygen atoms in total. The second-order valence-corrected chi connectivity index (χ2v) is 3.71. The summed E-state index contributed by atoms with van der Waals surface area (Å²) < 4.78 is 5.95. The van der Waals surface area contributed by atoms with Crippen molar-refractivity contribution in [3.8, 4) is 5.82 Å². The van der Waals surface area contributed by atoms with Crippen LogP contribution in [0.3, 0.4) is 0 Å². The summed E-state index contributed by atoms with van der Waals surface area (Å²) in [4.78, 5) is 19.3. The van der Waals surface area contributed by atoms with Crippen molar-refractivity contribution in [3.63, 3.8) is 0 Å². The minimum atomic E-state index is -0.591. The van der Waals surface area contributed by atoms with E-state index in [0.29, 0.717) is 5.82 Å². The minimum Gasteiger partial charge on any atom is -0.463 e. The minimum absolute atomic E-state index is 0.0150. The Labute approximate surface area is 104 Å². The predicted molar refractivity (Wildman–Crippen MR) is 63.1 cm³/mol. The third kappa shape index (κ3) is 2.21. The molecule has 0 aliphatic rings. The highest BCUT2D eigenvalue weighted by atomic mass is 16.5. The van der Waals surface area contributed by atoms with Crippen LogP contribution in [-0.4, -0.2) is 32.8 Å². The van der Waals surface area contributed by atoms with Crippen LogP contribution in [-0.2, 0) is 4.74 Å². The summed E-state index contributed by atoms with van der Waals surface area (Å²) >= 11 is 0. The van der Waals surface area contributed by atoms with Gasteiger partial charge in [0.05, 0.1) is 7.11 Å². The Morgan fingerprint density at radius 1 is 1.50 bits per heavy atom. The molecule has 7 heteroatoms. The molecular formula is C11H13N5O2. The largest absolute Gasteiger partial charge is 0.463 e. The molecule has 0 spiro atoms. The van der Waals surface area contributed by atoms with Gasteiger partial charge in [0.15, 0.2) is 5.82 Å². The van der Waals surface area contributed by atoms with Crippen molar-refractivity contribution >= 4 is 5.97 Å². The van der Waals surface area contributed by atoms with Crippen molar-refractivity contribution in [2.24, 2.45) is 5.73 Å². The van der Waals surface area contributed by atoms with Crippen LogP contribution in [0.15, 0.2) is 24.7 Å². The first-order chi connectivity index (χ1) is 8.63. The lowest BCUT2D eigenvalue weighted by atomic mass is 10.1. The summed E-state index contributed by atoms with van der Waals surface area (Å²) in [5.41, 5.74) is 6.67. The van der Waals surface area contributed by atoms with Crippen LogP contribution < -0.4 is 5.73 Å². The fourth-order valence-corrected chi connectivity index (χ4v) is 1.51. The van der Waals surface area contributed by atoms with Gasteiger partial charge < -0.3 is 10.5 Å². The summed E-state index contributed by atoms with van der Waals surface area (Å²) in [5, 5.41) is 4.01. The van der Waals surface area contributed by atoms with Gasteiger partial charge in [-0.1, -0.05) is 6.07 Å². The average molecular weight is 247 g/mol. The Hall–Kier alpha value is -2.28. The van der Waals surface area contributed by atoms with Crippen molar-refractivity contribution in [2.75, 3.05) is 7.11 Å². The predicted octanol–water partition coefficient (Wildman–Crippen LogP) is 0.469. The lowest BCUT2D eigenvalue weighted by Gasteiger charge is -2.10. The Morgan fingerprint density at radius 2 is 2.28 bits per heavy atom. The van der Waals surface area contributed by atoms with Crippen molar-refractivity contribution in [2.45, 2.75) is 13.0 Å². The highest BCUT2D eigenvalue weighted by Gasteiger charge is 2.15. The molecule has 2 aromatic heterocycles. The molecule has 0 aliphatic carbocycles. The zero-order chi connectivity index (χ0) is 13.1. The van der Waals surface area contributed by atoms with Gasteiger partial charge in [0.1, 0.15) is 6.33 Å². The molecule has 2 aromatic rings. The van der Waals surface area contributed by atoms with Crippen LogP contribution in [0.1, 0.15) is 29.1 Å². The van der Waals surface area contributed by atoms with Gasteiger partial charge in [0.2, 0.25) is 0 Å².